The van der Waals surface area contributed by atoms with Crippen LogP contribution < -0.4 is 28.4 Å². The Balaban J connectivity index is 0.966. The fraction of sp³-hybridized carbons (Fsp3) is 0.452. The van der Waals surface area contributed by atoms with Gasteiger partial charge in [0.2, 0.25) is 0 Å². The van der Waals surface area contributed by atoms with Crippen LogP contribution in [0.4, 0.5) is 0 Å². The standard InChI is InChI=1S/C62H77ClO10/c1-3-5-7-9-11-13-15-17-19-21-23-25-45-68-52-34-27-48(28-35-52)59(64)70-54-38-31-50(32-39-54)61(66)73-58-47-51(33-44-57(58)63)62(67)72-55-36-29-49(30-37-55)60(65)71-56-42-40-53(41-43-56)69-46-26-24-22-20-18-16-14-12-10-8-6-4-2/h27-44,47H,3-26,45-46H2,1-2H3. The molecule has 0 aromatic heterocycles. The van der Waals surface area contributed by atoms with Crippen molar-refractivity contribution in [3.05, 3.63) is 143 Å². The predicted octanol–water partition coefficient (Wildman–Crippen LogP) is 17.4. The Labute approximate surface area is 439 Å². The molecule has 0 heterocycles. The maximum Gasteiger partial charge on any atom is 0.343 e. The van der Waals surface area contributed by atoms with E-state index in [1.165, 1.54) is 195 Å². The minimum Gasteiger partial charge on any atom is -0.494 e. The summed E-state index contributed by atoms with van der Waals surface area (Å²) in [7, 11) is 0. The van der Waals surface area contributed by atoms with Crippen LogP contribution in [-0.4, -0.2) is 37.1 Å². The van der Waals surface area contributed by atoms with E-state index in [0.717, 1.165) is 31.4 Å². The van der Waals surface area contributed by atoms with E-state index < -0.39 is 23.9 Å². The molecule has 0 aliphatic rings. The molecule has 0 saturated heterocycles. The first-order valence-electron chi connectivity index (χ1n) is 27.1. The normalized spacial score (nSPS) is 10.9. The first-order valence-corrected chi connectivity index (χ1v) is 27.4. The fourth-order valence-electron chi connectivity index (χ4n) is 8.24. The summed E-state index contributed by atoms with van der Waals surface area (Å²) < 4.78 is 33.9. The Kier molecular flexibility index (Phi) is 27.2. The van der Waals surface area contributed by atoms with Crippen molar-refractivity contribution < 1.29 is 47.6 Å². The van der Waals surface area contributed by atoms with Crippen molar-refractivity contribution in [3.63, 3.8) is 0 Å². The largest absolute Gasteiger partial charge is 0.494 e. The highest BCUT2D eigenvalue weighted by Crippen LogP contribution is 2.29. The van der Waals surface area contributed by atoms with Crippen LogP contribution in [-0.2, 0) is 0 Å². The third-order valence-electron chi connectivity index (χ3n) is 12.6. The predicted molar refractivity (Wildman–Crippen MR) is 290 cm³/mol. The van der Waals surface area contributed by atoms with Crippen LogP contribution in [0.3, 0.4) is 0 Å². The summed E-state index contributed by atoms with van der Waals surface area (Å²) >= 11 is 6.35. The van der Waals surface area contributed by atoms with Crippen molar-refractivity contribution in [1.29, 1.82) is 0 Å². The van der Waals surface area contributed by atoms with Crippen molar-refractivity contribution >= 4 is 35.5 Å². The van der Waals surface area contributed by atoms with Gasteiger partial charge in [0.05, 0.1) is 40.5 Å². The number of ether oxygens (including phenoxy) is 6. The Morgan fingerprint density at radius 1 is 0.315 bits per heavy atom. The topological polar surface area (TPSA) is 124 Å². The lowest BCUT2D eigenvalue weighted by molar-refractivity contribution is 0.0712. The molecule has 0 saturated carbocycles. The van der Waals surface area contributed by atoms with Gasteiger partial charge >= 0.3 is 23.9 Å². The Morgan fingerprint density at radius 3 is 0.932 bits per heavy atom. The van der Waals surface area contributed by atoms with E-state index in [0.29, 0.717) is 30.3 Å². The molecule has 0 aliphatic heterocycles. The molecular weight excluding hydrogens is 940 g/mol. The Hall–Kier alpha value is -6.13. The van der Waals surface area contributed by atoms with Crippen molar-refractivity contribution in [2.24, 2.45) is 0 Å². The zero-order valence-corrected chi connectivity index (χ0v) is 44.1. The fourth-order valence-corrected chi connectivity index (χ4v) is 8.40. The average Bonchev–Trinajstić information content (AvgIpc) is 3.40. The lowest BCUT2D eigenvalue weighted by Crippen LogP contribution is -2.12. The number of unbranched alkanes of at least 4 members (excludes halogenated alkanes) is 22. The molecule has 5 aromatic rings. The smallest absolute Gasteiger partial charge is 0.343 e. The monoisotopic (exact) mass is 1020 g/mol. The van der Waals surface area contributed by atoms with Gasteiger partial charge in [0, 0.05) is 0 Å². The molecule has 0 aliphatic carbocycles. The molecular formula is C62H77ClO10. The number of halogens is 1. The molecule has 5 aromatic carbocycles. The van der Waals surface area contributed by atoms with Gasteiger partial charge in [-0.3, -0.25) is 0 Å². The van der Waals surface area contributed by atoms with Crippen LogP contribution in [0, 0.1) is 0 Å². The molecule has 392 valence electrons. The second-order valence-electron chi connectivity index (χ2n) is 18.7. The summed E-state index contributed by atoms with van der Waals surface area (Å²) in [5.74, 6) is -0.485. The first kappa shape index (κ1) is 57.8. The van der Waals surface area contributed by atoms with Crippen molar-refractivity contribution in [1.82, 2.24) is 0 Å². The van der Waals surface area contributed by atoms with Crippen LogP contribution in [0.1, 0.15) is 209 Å². The van der Waals surface area contributed by atoms with Gasteiger partial charge in [0.1, 0.15) is 28.7 Å². The van der Waals surface area contributed by atoms with Crippen LogP contribution >= 0.6 is 11.6 Å². The van der Waals surface area contributed by atoms with E-state index in [9.17, 15) is 19.2 Å². The number of carbonyl (C=O) groups is 4. The highest BCUT2D eigenvalue weighted by Gasteiger charge is 2.18. The first-order chi connectivity index (χ1) is 35.7. The van der Waals surface area contributed by atoms with Gasteiger partial charge < -0.3 is 28.4 Å². The van der Waals surface area contributed by atoms with E-state index >= 15 is 0 Å². The second-order valence-corrected chi connectivity index (χ2v) is 19.1. The highest BCUT2D eigenvalue weighted by atomic mass is 35.5. The minimum atomic E-state index is -0.749. The summed E-state index contributed by atoms with van der Waals surface area (Å²) in [4.78, 5) is 52.0. The molecule has 0 bridgehead atoms. The molecule has 11 heteroatoms. The maximum atomic E-state index is 13.1. The number of esters is 4. The van der Waals surface area contributed by atoms with Crippen LogP contribution in [0.25, 0.3) is 0 Å². The van der Waals surface area contributed by atoms with Gasteiger partial charge in [-0.15, -0.1) is 0 Å². The summed E-state index contributed by atoms with van der Waals surface area (Å²) in [6.07, 6.45) is 30.9. The third-order valence-corrected chi connectivity index (χ3v) is 12.9. The van der Waals surface area contributed by atoms with Gasteiger partial charge in [-0.05, 0) is 128 Å². The highest BCUT2D eigenvalue weighted by molar-refractivity contribution is 6.32. The minimum absolute atomic E-state index is 0.0598. The Morgan fingerprint density at radius 2 is 0.575 bits per heavy atom. The van der Waals surface area contributed by atoms with Crippen LogP contribution in [0.15, 0.2) is 115 Å². The molecule has 0 unspecified atom stereocenters. The van der Waals surface area contributed by atoms with Gasteiger partial charge in [-0.25, -0.2) is 19.2 Å². The van der Waals surface area contributed by atoms with Crippen molar-refractivity contribution in [2.45, 2.75) is 168 Å². The van der Waals surface area contributed by atoms with E-state index in [2.05, 4.69) is 13.8 Å². The van der Waals surface area contributed by atoms with Gasteiger partial charge in [-0.1, -0.05) is 167 Å². The molecule has 73 heavy (non-hydrogen) atoms. The lowest BCUT2D eigenvalue weighted by Gasteiger charge is -2.10. The third kappa shape index (κ3) is 22.7. The summed E-state index contributed by atoms with van der Waals surface area (Å²) in [6.45, 7) is 5.78. The number of carbonyl (C=O) groups excluding carboxylic acids is 4. The molecule has 0 atom stereocenters. The molecule has 10 nitrogen and oxygen atoms in total. The summed E-state index contributed by atoms with van der Waals surface area (Å²) in [6, 6.07) is 29.7. The summed E-state index contributed by atoms with van der Waals surface area (Å²) in [5, 5.41) is 0.0936. The molecule has 0 fully saturated rings. The molecule has 5 rings (SSSR count). The maximum absolute atomic E-state index is 13.1. The van der Waals surface area contributed by atoms with Gasteiger partial charge in [0.15, 0.2) is 5.75 Å². The zero-order chi connectivity index (χ0) is 51.7. The average molecular weight is 1020 g/mol. The number of benzene rings is 5. The molecule has 0 spiro atoms. The summed E-state index contributed by atoms with van der Waals surface area (Å²) in [5.41, 5.74) is 0.839. The molecule has 0 radical (unpaired) electrons. The van der Waals surface area contributed by atoms with E-state index in [1.54, 1.807) is 48.5 Å². The van der Waals surface area contributed by atoms with Gasteiger partial charge in [0.25, 0.3) is 0 Å². The molecule has 0 amide bonds. The van der Waals surface area contributed by atoms with Crippen molar-refractivity contribution in [3.8, 4) is 34.5 Å². The lowest BCUT2D eigenvalue weighted by atomic mass is 10.1. The zero-order valence-electron chi connectivity index (χ0n) is 43.3. The Bertz CT molecular complexity index is 2360. The number of hydrogen-bond donors (Lipinski definition) is 0. The second kappa shape index (κ2) is 34.3. The van der Waals surface area contributed by atoms with Crippen LogP contribution in [0.5, 0.6) is 34.5 Å². The van der Waals surface area contributed by atoms with E-state index in [-0.39, 0.29) is 39.0 Å². The number of rotatable bonds is 36. The van der Waals surface area contributed by atoms with Crippen molar-refractivity contribution in [2.75, 3.05) is 13.2 Å². The molecule has 0 N–H and O–H groups in total. The quantitative estimate of drug-likeness (QED) is 0.0218. The van der Waals surface area contributed by atoms with E-state index in [1.807, 2.05) is 0 Å². The van der Waals surface area contributed by atoms with Crippen LogP contribution in [0.2, 0.25) is 5.02 Å². The SMILES string of the molecule is CCCCCCCCCCCCCCOc1ccc(OC(=O)c2ccc(OC(=O)c3ccc(Cl)c(OC(=O)c4ccc(OC(=O)c5ccc(OCCCCCCCCCCCCCC)cc5)cc4)c3)cc2)cc1. The van der Waals surface area contributed by atoms with E-state index in [4.69, 9.17) is 40.0 Å². The number of hydrogen-bond acceptors (Lipinski definition) is 10. The van der Waals surface area contributed by atoms with Gasteiger partial charge in [-0.2, -0.15) is 0 Å².